The van der Waals surface area contributed by atoms with Gasteiger partial charge in [0, 0.05) is 0 Å². The average molecular weight is 246 g/mol. The van der Waals surface area contributed by atoms with Crippen LogP contribution in [0, 0.1) is 11.8 Å². The zero-order valence-corrected chi connectivity index (χ0v) is 13.5. The Hall–Kier alpha value is -0.780. The molecule has 0 heteroatoms. The topological polar surface area (TPSA) is 0 Å². The van der Waals surface area contributed by atoms with Gasteiger partial charge in [-0.05, 0) is 33.8 Å². The molecular formula is C18H30. The molecular weight excluding hydrogens is 216 g/mol. The van der Waals surface area contributed by atoms with Crippen molar-refractivity contribution in [3.63, 3.8) is 0 Å². The van der Waals surface area contributed by atoms with Crippen LogP contribution in [0.15, 0.2) is 24.3 Å². The molecule has 0 aromatic heterocycles. The van der Waals surface area contributed by atoms with Crippen LogP contribution in [0.5, 0.6) is 0 Å². The van der Waals surface area contributed by atoms with E-state index in [4.69, 9.17) is 0 Å². The summed E-state index contributed by atoms with van der Waals surface area (Å²) in [6.07, 6.45) is 0. The summed E-state index contributed by atoms with van der Waals surface area (Å²) in [5.74, 6) is 1.30. The van der Waals surface area contributed by atoms with E-state index in [1.165, 1.54) is 11.1 Å². The molecule has 1 aromatic carbocycles. The van der Waals surface area contributed by atoms with E-state index in [0.29, 0.717) is 11.8 Å². The minimum atomic E-state index is 0.239. The van der Waals surface area contributed by atoms with Crippen LogP contribution in [0.3, 0.4) is 0 Å². The van der Waals surface area contributed by atoms with Crippen molar-refractivity contribution < 1.29 is 0 Å². The van der Waals surface area contributed by atoms with Gasteiger partial charge >= 0.3 is 0 Å². The fourth-order valence-electron chi connectivity index (χ4n) is 1.99. The first-order valence-corrected chi connectivity index (χ1v) is 7.21. The lowest BCUT2D eigenvalue weighted by atomic mass is 9.71. The van der Waals surface area contributed by atoms with E-state index < -0.39 is 0 Å². The van der Waals surface area contributed by atoms with Crippen LogP contribution >= 0.6 is 0 Å². The Kier molecular flexibility index (Phi) is 4.30. The Labute approximate surface area is 114 Å². The summed E-state index contributed by atoms with van der Waals surface area (Å²) in [4.78, 5) is 0. The highest BCUT2D eigenvalue weighted by Crippen LogP contribution is 2.36. The Bertz CT molecular complexity index is 359. The molecule has 0 saturated carbocycles. The Morgan fingerprint density at radius 1 is 0.722 bits per heavy atom. The second-order valence-electron chi connectivity index (χ2n) is 7.33. The van der Waals surface area contributed by atoms with Crippen LogP contribution in [0.2, 0.25) is 0 Å². The number of hydrogen-bond acceptors (Lipinski definition) is 0. The van der Waals surface area contributed by atoms with Crippen molar-refractivity contribution >= 4 is 0 Å². The largest absolute Gasteiger partial charge is 0.0619 e. The molecule has 0 heterocycles. The molecule has 0 amide bonds. The van der Waals surface area contributed by atoms with Crippen LogP contribution in [-0.2, 0) is 10.8 Å². The molecule has 18 heavy (non-hydrogen) atoms. The van der Waals surface area contributed by atoms with E-state index in [0.717, 1.165) is 0 Å². The molecule has 0 nitrogen and oxygen atoms in total. The molecule has 0 fully saturated rings. The summed E-state index contributed by atoms with van der Waals surface area (Å²) >= 11 is 0. The van der Waals surface area contributed by atoms with Crippen molar-refractivity contribution in [2.24, 2.45) is 11.8 Å². The molecule has 0 spiro atoms. The Morgan fingerprint density at radius 2 is 1.06 bits per heavy atom. The van der Waals surface area contributed by atoms with E-state index in [2.05, 4.69) is 79.7 Å². The van der Waals surface area contributed by atoms with Crippen LogP contribution in [-0.4, -0.2) is 0 Å². The van der Waals surface area contributed by atoms with Crippen molar-refractivity contribution in [3.05, 3.63) is 35.4 Å². The Balaban J connectivity index is 3.23. The molecule has 0 radical (unpaired) electrons. The summed E-state index contributed by atoms with van der Waals surface area (Å²) in [5.41, 5.74) is 3.40. The molecule has 0 aliphatic carbocycles. The van der Waals surface area contributed by atoms with Crippen LogP contribution < -0.4 is 0 Å². The van der Waals surface area contributed by atoms with Crippen molar-refractivity contribution in [1.29, 1.82) is 0 Å². The summed E-state index contributed by atoms with van der Waals surface area (Å²) in [6.45, 7) is 18.6. The lowest BCUT2D eigenvalue weighted by molar-refractivity contribution is 0.360. The van der Waals surface area contributed by atoms with Crippen molar-refractivity contribution in [3.8, 4) is 0 Å². The first-order chi connectivity index (χ1) is 8.10. The molecule has 1 aromatic rings. The predicted octanol–water partition coefficient (Wildman–Crippen LogP) is 5.55. The molecule has 0 saturated heterocycles. The van der Waals surface area contributed by atoms with Gasteiger partial charge in [-0.25, -0.2) is 0 Å². The monoisotopic (exact) mass is 246 g/mol. The van der Waals surface area contributed by atoms with Gasteiger partial charge in [0.05, 0.1) is 0 Å². The maximum atomic E-state index is 2.42. The van der Waals surface area contributed by atoms with Gasteiger partial charge in [-0.15, -0.1) is 0 Å². The molecule has 0 aliphatic rings. The lowest BCUT2D eigenvalue weighted by Gasteiger charge is -2.34. The second kappa shape index (κ2) is 5.07. The van der Waals surface area contributed by atoms with Gasteiger partial charge in [0.2, 0.25) is 0 Å². The van der Waals surface area contributed by atoms with Crippen LogP contribution in [0.25, 0.3) is 0 Å². The highest BCUT2D eigenvalue weighted by atomic mass is 14.3. The maximum absolute atomic E-state index is 2.42. The van der Waals surface area contributed by atoms with Crippen LogP contribution in [0.1, 0.15) is 66.5 Å². The molecule has 0 unspecified atom stereocenters. The quantitative estimate of drug-likeness (QED) is 0.653. The van der Waals surface area contributed by atoms with Gasteiger partial charge in [-0.2, -0.15) is 0 Å². The van der Waals surface area contributed by atoms with E-state index >= 15 is 0 Å². The van der Waals surface area contributed by atoms with E-state index in [1.54, 1.807) is 0 Å². The van der Waals surface area contributed by atoms with Gasteiger partial charge in [-0.1, -0.05) is 79.7 Å². The third kappa shape index (κ3) is 2.79. The van der Waals surface area contributed by atoms with E-state index in [-0.39, 0.29) is 10.8 Å². The fraction of sp³-hybridized carbons (Fsp3) is 0.667. The SMILES string of the molecule is CC(C)C(C)(C)c1cccc(C(C)(C)C(C)C)c1. The van der Waals surface area contributed by atoms with E-state index in [1.807, 2.05) is 0 Å². The molecule has 1 rings (SSSR count). The second-order valence-corrected chi connectivity index (χ2v) is 7.33. The first kappa shape index (κ1) is 15.3. The minimum absolute atomic E-state index is 0.239. The van der Waals surface area contributed by atoms with Crippen molar-refractivity contribution in [1.82, 2.24) is 0 Å². The lowest BCUT2D eigenvalue weighted by Crippen LogP contribution is -2.27. The molecule has 0 N–H and O–H groups in total. The number of benzene rings is 1. The summed E-state index contributed by atoms with van der Waals surface area (Å²) in [7, 11) is 0. The summed E-state index contributed by atoms with van der Waals surface area (Å²) < 4.78 is 0. The smallest absolute Gasteiger partial charge is 0.00805 e. The van der Waals surface area contributed by atoms with Gasteiger partial charge in [-0.3, -0.25) is 0 Å². The highest BCUT2D eigenvalue weighted by molar-refractivity contribution is 5.34. The van der Waals surface area contributed by atoms with Gasteiger partial charge in [0.15, 0.2) is 0 Å². The van der Waals surface area contributed by atoms with E-state index in [9.17, 15) is 0 Å². The van der Waals surface area contributed by atoms with Gasteiger partial charge < -0.3 is 0 Å². The summed E-state index contributed by atoms with van der Waals surface area (Å²) in [6, 6.07) is 9.19. The molecule has 0 atom stereocenters. The highest BCUT2D eigenvalue weighted by Gasteiger charge is 2.28. The Morgan fingerprint density at radius 3 is 1.33 bits per heavy atom. The molecule has 0 bridgehead atoms. The minimum Gasteiger partial charge on any atom is -0.0619 e. The third-order valence-electron chi connectivity index (χ3n) is 5.24. The summed E-state index contributed by atoms with van der Waals surface area (Å²) in [5, 5.41) is 0. The predicted molar refractivity (Wildman–Crippen MR) is 82.2 cm³/mol. The normalized spacial score (nSPS) is 13.4. The number of hydrogen-bond donors (Lipinski definition) is 0. The van der Waals surface area contributed by atoms with Crippen LogP contribution in [0.4, 0.5) is 0 Å². The van der Waals surface area contributed by atoms with Gasteiger partial charge in [0.1, 0.15) is 0 Å². The average Bonchev–Trinajstić information content (AvgIpc) is 2.28. The van der Waals surface area contributed by atoms with Crippen molar-refractivity contribution in [2.75, 3.05) is 0 Å². The fourth-order valence-corrected chi connectivity index (χ4v) is 1.99. The standard InChI is InChI=1S/C18H30/c1-13(2)17(5,6)15-10-9-11-16(12-15)18(7,8)14(3)4/h9-14H,1-8H3. The molecule has 0 aliphatic heterocycles. The molecule has 102 valence electrons. The zero-order chi connectivity index (χ0) is 14.1. The number of rotatable bonds is 4. The third-order valence-corrected chi connectivity index (χ3v) is 5.24. The maximum Gasteiger partial charge on any atom is -0.00805 e. The first-order valence-electron chi connectivity index (χ1n) is 7.21. The van der Waals surface area contributed by atoms with Crippen molar-refractivity contribution in [2.45, 2.75) is 66.2 Å². The van der Waals surface area contributed by atoms with Gasteiger partial charge in [0.25, 0.3) is 0 Å². The zero-order valence-electron chi connectivity index (χ0n) is 13.5.